The molecule has 1 aromatic heterocycles. The lowest BCUT2D eigenvalue weighted by Crippen LogP contribution is -2.23. The number of carboxylic acids is 1. The minimum absolute atomic E-state index is 0.268. The highest BCUT2D eigenvalue weighted by molar-refractivity contribution is 5.74. The van der Waals surface area contributed by atoms with Gasteiger partial charge in [-0.15, -0.1) is 5.10 Å². The Hall–Kier alpha value is -2.70. The highest BCUT2D eigenvalue weighted by Crippen LogP contribution is 2.36. The van der Waals surface area contributed by atoms with E-state index in [2.05, 4.69) is 10.2 Å². The summed E-state index contributed by atoms with van der Waals surface area (Å²) in [4.78, 5) is 13.4. The quantitative estimate of drug-likeness (QED) is 0.928. The predicted molar refractivity (Wildman–Crippen MR) is 81.1 cm³/mol. The van der Waals surface area contributed by atoms with Crippen LogP contribution < -0.4 is 9.64 Å². The number of halogens is 1. The lowest BCUT2D eigenvalue weighted by atomic mass is 9.88. The molecule has 0 aliphatic carbocycles. The van der Waals surface area contributed by atoms with Gasteiger partial charge in [-0.1, -0.05) is 6.07 Å². The largest absolute Gasteiger partial charge is 0.497 e. The normalized spacial score (nSPS) is 20.5. The third kappa shape index (κ3) is 2.94. The number of aliphatic carboxylic acids is 1. The summed E-state index contributed by atoms with van der Waals surface area (Å²) in [6.07, 6.45) is 1.55. The van der Waals surface area contributed by atoms with Crippen molar-refractivity contribution in [3.05, 3.63) is 47.9 Å². The molecule has 1 N–H and O–H groups in total. The number of benzene rings is 1. The maximum absolute atomic E-state index is 14.3. The van der Waals surface area contributed by atoms with Crippen molar-refractivity contribution >= 4 is 11.8 Å². The number of carbonyl (C=O) groups is 1. The molecule has 1 aliphatic heterocycles. The molecule has 1 saturated heterocycles. The molecule has 1 aliphatic rings. The zero-order valence-corrected chi connectivity index (χ0v) is 12.5. The first kappa shape index (κ1) is 15.2. The maximum Gasteiger partial charge on any atom is 0.308 e. The SMILES string of the molecule is COc1ccc(C2CN(c3cccnn3)C[C@H]2C(=O)O)c(F)c1. The molecular weight excluding hydrogens is 301 g/mol. The van der Waals surface area contributed by atoms with E-state index in [-0.39, 0.29) is 6.54 Å². The van der Waals surface area contributed by atoms with Crippen LogP contribution in [0.15, 0.2) is 36.5 Å². The van der Waals surface area contributed by atoms with Crippen LogP contribution in [0.1, 0.15) is 11.5 Å². The smallest absolute Gasteiger partial charge is 0.308 e. The third-order valence-corrected chi connectivity index (χ3v) is 4.13. The second-order valence-electron chi connectivity index (χ2n) is 5.43. The molecule has 1 unspecified atom stereocenters. The first-order valence-electron chi connectivity index (χ1n) is 7.19. The van der Waals surface area contributed by atoms with Crippen LogP contribution in [0.2, 0.25) is 0 Å². The van der Waals surface area contributed by atoms with E-state index in [0.717, 1.165) is 0 Å². The number of ether oxygens (including phenoxy) is 1. The van der Waals surface area contributed by atoms with Gasteiger partial charge in [0.1, 0.15) is 11.6 Å². The van der Waals surface area contributed by atoms with Crippen LogP contribution in [0.3, 0.4) is 0 Å². The molecule has 6 nitrogen and oxygen atoms in total. The third-order valence-electron chi connectivity index (χ3n) is 4.13. The molecule has 0 bridgehead atoms. The number of methoxy groups -OCH3 is 1. The van der Waals surface area contributed by atoms with Gasteiger partial charge in [-0.05, 0) is 23.8 Å². The fourth-order valence-corrected chi connectivity index (χ4v) is 2.95. The number of carboxylic acid groups (broad SMARTS) is 1. The second kappa shape index (κ2) is 6.20. The lowest BCUT2D eigenvalue weighted by molar-refractivity contribution is -0.141. The minimum atomic E-state index is -0.948. The predicted octanol–water partition coefficient (Wildman–Crippen LogP) is 1.93. The van der Waals surface area contributed by atoms with Crippen LogP contribution >= 0.6 is 0 Å². The van der Waals surface area contributed by atoms with Crippen LogP contribution in [0.25, 0.3) is 0 Å². The summed E-state index contributed by atoms with van der Waals surface area (Å²) < 4.78 is 19.3. The summed E-state index contributed by atoms with van der Waals surface area (Å²) in [6, 6.07) is 8.01. The van der Waals surface area contributed by atoms with E-state index < -0.39 is 23.6 Å². The summed E-state index contributed by atoms with van der Waals surface area (Å²) >= 11 is 0. The van der Waals surface area contributed by atoms with E-state index in [4.69, 9.17) is 4.74 Å². The van der Waals surface area contributed by atoms with E-state index in [1.165, 1.54) is 13.2 Å². The Bertz CT molecular complexity index is 711. The molecule has 1 fully saturated rings. The van der Waals surface area contributed by atoms with Gasteiger partial charge < -0.3 is 14.7 Å². The van der Waals surface area contributed by atoms with Crippen molar-refractivity contribution in [2.75, 3.05) is 25.1 Å². The highest BCUT2D eigenvalue weighted by atomic mass is 19.1. The molecule has 3 rings (SSSR count). The number of rotatable bonds is 4. The van der Waals surface area contributed by atoms with E-state index in [9.17, 15) is 14.3 Å². The molecule has 23 heavy (non-hydrogen) atoms. The van der Waals surface area contributed by atoms with Crippen LogP contribution in [0.4, 0.5) is 10.2 Å². The fourth-order valence-electron chi connectivity index (χ4n) is 2.95. The van der Waals surface area contributed by atoms with Crippen molar-refractivity contribution in [2.24, 2.45) is 5.92 Å². The summed E-state index contributed by atoms with van der Waals surface area (Å²) in [5.41, 5.74) is 0.379. The van der Waals surface area contributed by atoms with E-state index in [1.807, 2.05) is 4.90 Å². The molecule has 2 heterocycles. The van der Waals surface area contributed by atoms with Crippen LogP contribution in [0, 0.1) is 11.7 Å². The molecule has 2 aromatic rings. The van der Waals surface area contributed by atoms with Gasteiger partial charge >= 0.3 is 5.97 Å². The van der Waals surface area contributed by atoms with Crippen LogP contribution in [-0.2, 0) is 4.79 Å². The van der Waals surface area contributed by atoms with E-state index in [0.29, 0.717) is 23.7 Å². The zero-order chi connectivity index (χ0) is 16.4. The maximum atomic E-state index is 14.3. The van der Waals surface area contributed by atoms with E-state index >= 15 is 0 Å². The lowest BCUT2D eigenvalue weighted by Gasteiger charge is -2.17. The molecule has 120 valence electrons. The number of aromatic nitrogens is 2. The minimum Gasteiger partial charge on any atom is -0.497 e. The van der Waals surface area contributed by atoms with Crippen molar-refractivity contribution in [2.45, 2.75) is 5.92 Å². The Morgan fingerprint density at radius 3 is 2.83 bits per heavy atom. The average Bonchev–Trinajstić information content (AvgIpc) is 3.01. The zero-order valence-electron chi connectivity index (χ0n) is 12.5. The van der Waals surface area contributed by atoms with Gasteiger partial charge in [-0.3, -0.25) is 4.79 Å². The van der Waals surface area contributed by atoms with Gasteiger partial charge in [0.15, 0.2) is 5.82 Å². The summed E-state index contributed by atoms with van der Waals surface area (Å²) in [5, 5.41) is 17.3. The monoisotopic (exact) mass is 317 g/mol. The van der Waals surface area contributed by atoms with Gasteiger partial charge in [0.25, 0.3) is 0 Å². The molecule has 0 saturated carbocycles. The Morgan fingerprint density at radius 1 is 1.39 bits per heavy atom. The molecule has 0 amide bonds. The molecular formula is C16H16FN3O3. The summed E-state index contributed by atoms with van der Waals surface area (Å²) in [5.74, 6) is -1.57. The molecule has 0 radical (unpaired) electrons. The Balaban J connectivity index is 1.92. The highest BCUT2D eigenvalue weighted by Gasteiger charge is 2.40. The molecule has 7 heteroatoms. The number of anilines is 1. The fraction of sp³-hybridized carbons (Fsp3) is 0.312. The standard InChI is InChI=1S/C16H16FN3O3/c1-23-10-4-5-11(14(17)7-10)12-8-20(9-13(12)16(21)22)15-3-2-6-18-19-15/h2-7,12-13H,8-9H2,1H3,(H,21,22)/t12?,13-/m1/s1. The van der Waals surface area contributed by atoms with Crippen molar-refractivity contribution in [3.8, 4) is 5.75 Å². The van der Waals surface area contributed by atoms with Gasteiger partial charge in [0, 0.05) is 31.3 Å². The van der Waals surface area contributed by atoms with Crippen molar-refractivity contribution in [1.82, 2.24) is 10.2 Å². The number of hydrogen-bond donors (Lipinski definition) is 1. The molecule has 2 atom stereocenters. The van der Waals surface area contributed by atoms with Crippen LogP contribution in [-0.4, -0.2) is 41.5 Å². The van der Waals surface area contributed by atoms with Crippen molar-refractivity contribution < 1.29 is 19.0 Å². The average molecular weight is 317 g/mol. The van der Waals surface area contributed by atoms with Gasteiger partial charge in [-0.2, -0.15) is 5.10 Å². The molecule has 0 spiro atoms. The van der Waals surface area contributed by atoms with Crippen molar-refractivity contribution in [3.63, 3.8) is 0 Å². The van der Waals surface area contributed by atoms with Gasteiger partial charge in [-0.25, -0.2) is 4.39 Å². The summed E-state index contributed by atoms with van der Waals surface area (Å²) in [7, 11) is 1.46. The Kier molecular flexibility index (Phi) is 4.10. The summed E-state index contributed by atoms with van der Waals surface area (Å²) in [6.45, 7) is 0.642. The van der Waals surface area contributed by atoms with Gasteiger partial charge in [0.05, 0.1) is 13.0 Å². The first-order chi connectivity index (χ1) is 11.1. The first-order valence-corrected chi connectivity index (χ1v) is 7.19. The molecule has 1 aromatic carbocycles. The van der Waals surface area contributed by atoms with Gasteiger partial charge in [0.2, 0.25) is 0 Å². The van der Waals surface area contributed by atoms with Crippen molar-refractivity contribution in [1.29, 1.82) is 0 Å². The number of hydrogen-bond acceptors (Lipinski definition) is 5. The Morgan fingerprint density at radius 2 is 2.22 bits per heavy atom. The Labute approximate surface area is 132 Å². The topological polar surface area (TPSA) is 75.5 Å². The number of nitrogens with zero attached hydrogens (tertiary/aromatic N) is 3. The van der Waals surface area contributed by atoms with E-state index in [1.54, 1.807) is 30.5 Å². The van der Waals surface area contributed by atoms with Crippen LogP contribution in [0.5, 0.6) is 5.75 Å². The second-order valence-corrected chi connectivity index (χ2v) is 5.43.